The van der Waals surface area contributed by atoms with E-state index in [0.29, 0.717) is 0 Å². The number of hydrogen-bond donors (Lipinski definition) is 1. The highest BCUT2D eigenvalue weighted by molar-refractivity contribution is 7.80. The molecule has 0 aliphatic carbocycles. The van der Waals surface area contributed by atoms with Crippen molar-refractivity contribution in [1.29, 1.82) is 0 Å². The largest absolute Gasteiger partial charge is 0.352 e. The van der Waals surface area contributed by atoms with Gasteiger partial charge in [0.25, 0.3) is 0 Å². The van der Waals surface area contributed by atoms with E-state index in [9.17, 15) is 0 Å². The van der Waals surface area contributed by atoms with Gasteiger partial charge in [-0.2, -0.15) is 0 Å². The molecule has 150 valence electrons. The lowest BCUT2D eigenvalue weighted by atomic mass is 9.96. The van der Waals surface area contributed by atoms with Gasteiger partial charge < -0.3 is 14.8 Å². The third-order valence-corrected chi connectivity index (χ3v) is 5.94. The van der Waals surface area contributed by atoms with Crippen molar-refractivity contribution in [2.45, 2.75) is 52.7 Å². The summed E-state index contributed by atoms with van der Waals surface area (Å²) in [4.78, 5) is 11.5. The predicted molar refractivity (Wildman–Crippen MR) is 120 cm³/mol. The Morgan fingerprint density at radius 1 is 1.03 bits per heavy atom. The summed E-state index contributed by atoms with van der Waals surface area (Å²) in [5, 5.41) is 4.30. The summed E-state index contributed by atoms with van der Waals surface area (Å²) in [7, 11) is 0. The Morgan fingerprint density at radius 3 is 2.48 bits per heavy atom. The summed E-state index contributed by atoms with van der Waals surface area (Å²) in [5.41, 5.74) is 5.80. The Kier molecular flexibility index (Phi) is 5.13. The maximum atomic E-state index is 5.73. The average Bonchev–Trinajstić information content (AvgIpc) is 3.18. The van der Waals surface area contributed by atoms with Crippen LogP contribution in [0.15, 0.2) is 48.8 Å². The first-order valence-electron chi connectivity index (χ1n) is 10.00. The Morgan fingerprint density at radius 2 is 1.83 bits per heavy atom. The Hall–Kier alpha value is -2.73. The minimum atomic E-state index is 0.00511. The van der Waals surface area contributed by atoms with Crippen LogP contribution in [0.3, 0.4) is 0 Å². The molecule has 1 aliphatic heterocycles. The van der Waals surface area contributed by atoms with E-state index in [0.717, 1.165) is 22.3 Å². The molecule has 0 radical (unpaired) electrons. The summed E-state index contributed by atoms with van der Waals surface area (Å²) in [6.07, 6.45) is 3.71. The fraction of sp³-hybridized carbons (Fsp3) is 0.348. The van der Waals surface area contributed by atoms with Gasteiger partial charge in [0.15, 0.2) is 5.11 Å². The normalized spacial score (nSPS) is 19.1. The van der Waals surface area contributed by atoms with Crippen LogP contribution >= 0.6 is 12.2 Å². The topological polar surface area (TPSA) is 46.0 Å². The zero-order valence-electron chi connectivity index (χ0n) is 17.5. The van der Waals surface area contributed by atoms with Gasteiger partial charge in [-0.05, 0) is 88.3 Å². The molecule has 6 heteroatoms. The first kappa shape index (κ1) is 19.6. The van der Waals surface area contributed by atoms with Crippen LogP contribution in [-0.4, -0.2) is 30.6 Å². The molecular formula is C23H27N5S. The van der Waals surface area contributed by atoms with Crippen molar-refractivity contribution >= 4 is 17.3 Å². The molecule has 5 nitrogen and oxygen atoms in total. The number of nitrogens with one attached hydrogen (secondary N) is 1. The van der Waals surface area contributed by atoms with Crippen molar-refractivity contribution in [1.82, 2.24) is 24.8 Å². The van der Waals surface area contributed by atoms with Gasteiger partial charge >= 0.3 is 0 Å². The van der Waals surface area contributed by atoms with E-state index < -0.39 is 0 Å². The summed E-state index contributed by atoms with van der Waals surface area (Å²) < 4.78 is 2.23. The molecular weight excluding hydrogens is 378 g/mol. The molecule has 1 aliphatic rings. The van der Waals surface area contributed by atoms with Gasteiger partial charge in [0.1, 0.15) is 5.82 Å². The summed E-state index contributed by atoms with van der Waals surface area (Å²) in [6.45, 7) is 10.8. The smallest absolute Gasteiger partial charge is 0.170 e. The predicted octanol–water partition coefficient (Wildman–Crippen LogP) is 4.57. The van der Waals surface area contributed by atoms with Gasteiger partial charge in [-0.15, -0.1) is 0 Å². The van der Waals surface area contributed by atoms with Crippen LogP contribution < -0.4 is 5.32 Å². The standard InChI is InChI=1S/C23H27N5S/c1-14(2)27-22(21(26-23(27)29)19-8-6-7-10-24-19)18-13-16(4)28(17(18)5)20-12-15(3)9-11-25-20/h6-14,21-22H,1-5H3,(H,26,29)/t21-,22+/m1/s1. The van der Waals surface area contributed by atoms with Crippen molar-refractivity contribution < 1.29 is 0 Å². The lowest BCUT2D eigenvalue weighted by molar-refractivity contribution is 0.269. The molecule has 1 N–H and O–H groups in total. The van der Waals surface area contributed by atoms with Crippen LogP contribution in [0.25, 0.3) is 5.82 Å². The SMILES string of the molecule is Cc1ccnc(-n2c(C)cc([C@H]3[C@@H](c4ccccn4)NC(=S)N3C(C)C)c2C)c1. The lowest BCUT2D eigenvalue weighted by Crippen LogP contribution is -2.35. The van der Waals surface area contributed by atoms with Gasteiger partial charge in [-0.3, -0.25) is 4.98 Å². The second-order valence-corrected chi connectivity index (χ2v) is 8.37. The number of pyridine rings is 2. The third kappa shape index (κ3) is 3.42. The number of rotatable bonds is 4. The number of nitrogens with zero attached hydrogens (tertiary/aromatic N) is 4. The van der Waals surface area contributed by atoms with Gasteiger partial charge in [-0.25, -0.2) is 4.98 Å². The van der Waals surface area contributed by atoms with E-state index in [1.54, 1.807) is 0 Å². The molecule has 0 aromatic carbocycles. The van der Waals surface area contributed by atoms with Crippen LogP contribution in [0.1, 0.15) is 54.1 Å². The molecule has 3 aromatic rings. The molecule has 4 rings (SSSR count). The van der Waals surface area contributed by atoms with Crippen LogP contribution in [0.5, 0.6) is 0 Å². The monoisotopic (exact) mass is 405 g/mol. The summed E-state index contributed by atoms with van der Waals surface area (Å²) >= 11 is 5.73. The number of aromatic nitrogens is 3. The first-order valence-corrected chi connectivity index (χ1v) is 10.4. The number of hydrogen-bond acceptors (Lipinski definition) is 3. The molecule has 0 amide bonds. The fourth-order valence-electron chi connectivity index (χ4n) is 4.34. The van der Waals surface area contributed by atoms with Crippen molar-refractivity contribution in [2.24, 2.45) is 0 Å². The molecule has 29 heavy (non-hydrogen) atoms. The quantitative estimate of drug-likeness (QED) is 0.644. The molecule has 1 saturated heterocycles. The highest BCUT2D eigenvalue weighted by Gasteiger charge is 2.42. The van der Waals surface area contributed by atoms with E-state index in [1.807, 2.05) is 30.6 Å². The van der Waals surface area contributed by atoms with E-state index >= 15 is 0 Å². The fourth-order valence-corrected chi connectivity index (χ4v) is 4.79. The molecule has 3 aromatic heterocycles. The maximum absolute atomic E-state index is 5.73. The zero-order valence-corrected chi connectivity index (χ0v) is 18.4. The minimum absolute atomic E-state index is 0.00511. The summed E-state index contributed by atoms with van der Waals surface area (Å²) in [6, 6.07) is 12.8. The second-order valence-electron chi connectivity index (χ2n) is 7.98. The Bertz CT molecular complexity index is 1040. The van der Waals surface area contributed by atoms with Gasteiger partial charge in [-0.1, -0.05) is 6.07 Å². The number of thiocarbonyl (C=S) groups is 1. The van der Waals surface area contributed by atoms with Crippen LogP contribution in [0, 0.1) is 20.8 Å². The van der Waals surface area contributed by atoms with E-state index in [2.05, 4.69) is 77.6 Å². The van der Waals surface area contributed by atoms with Crippen molar-refractivity contribution in [3.8, 4) is 5.82 Å². The van der Waals surface area contributed by atoms with E-state index in [-0.39, 0.29) is 18.1 Å². The molecule has 0 bridgehead atoms. The van der Waals surface area contributed by atoms with Crippen molar-refractivity contribution in [3.05, 3.63) is 77.0 Å². The van der Waals surface area contributed by atoms with E-state index in [4.69, 9.17) is 12.2 Å². The number of aryl methyl sites for hydroxylation is 2. The van der Waals surface area contributed by atoms with Gasteiger partial charge in [0.2, 0.25) is 0 Å². The molecule has 1 fully saturated rings. The molecule has 2 atom stereocenters. The zero-order chi connectivity index (χ0) is 20.7. The highest BCUT2D eigenvalue weighted by atomic mass is 32.1. The van der Waals surface area contributed by atoms with Crippen LogP contribution in [-0.2, 0) is 0 Å². The highest BCUT2D eigenvalue weighted by Crippen LogP contribution is 2.42. The van der Waals surface area contributed by atoms with Gasteiger partial charge in [0.05, 0.1) is 17.8 Å². The Balaban J connectivity index is 1.86. The molecule has 0 unspecified atom stereocenters. The third-order valence-electron chi connectivity index (χ3n) is 5.61. The molecule has 0 spiro atoms. The molecule has 0 saturated carbocycles. The average molecular weight is 406 g/mol. The summed E-state index contributed by atoms with van der Waals surface area (Å²) in [5.74, 6) is 0.949. The van der Waals surface area contributed by atoms with E-state index in [1.165, 1.54) is 16.8 Å². The van der Waals surface area contributed by atoms with Crippen molar-refractivity contribution in [3.63, 3.8) is 0 Å². The minimum Gasteiger partial charge on any atom is -0.352 e. The second kappa shape index (κ2) is 7.59. The molecule has 4 heterocycles. The first-order chi connectivity index (χ1) is 13.9. The lowest BCUT2D eigenvalue weighted by Gasteiger charge is -2.31. The van der Waals surface area contributed by atoms with Crippen LogP contribution in [0.2, 0.25) is 0 Å². The maximum Gasteiger partial charge on any atom is 0.170 e. The van der Waals surface area contributed by atoms with Gasteiger partial charge in [0, 0.05) is 29.8 Å². The van der Waals surface area contributed by atoms with Crippen molar-refractivity contribution in [2.75, 3.05) is 0 Å². The Labute approximate surface area is 177 Å². The van der Waals surface area contributed by atoms with Crippen LogP contribution in [0.4, 0.5) is 0 Å².